The molecule has 0 radical (unpaired) electrons. The van der Waals surface area contributed by atoms with Crippen molar-refractivity contribution in [3.8, 4) is 0 Å². The lowest BCUT2D eigenvalue weighted by molar-refractivity contribution is 0.0952. The molecule has 0 spiro atoms. The maximum absolute atomic E-state index is 12.1. The molecule has 100 valence electrons. The van der Waals surface area contributed by atoms with Crippen molar-refractivity contribution in [2.24, 2.45) is 5.92 Å². The van der Waals surface area contributed by atoms with E-state index < -0.39 is 0 Å². The molecule has 3 rings (SSSR count). The zero-order chi connectivity index (χ0) is 13.2. The van der Waals surface area contributed by atoms with Crippen molar-refractivity contribution in [1.29, 1.82) is 0 Å². The van der Waals surface area contributed by atoms with Crippen LogP contribution in [0, 0.1) is 5.92 Å². The third-order valence-corrected chi connectivity index (χ3v) is 4.77. The van der Waals surface area contributed by atoms with Crippen LogP contribution in [0.4, 0.5) is 0 Å². The Morgan fingerprint density at radius 1 is 1.47 bits per heavy atom. The summed E-state index contributed by atoms with van der Waals surface area (Å²) < 4.78 is 1.09. The van der Waals surface area contributed by atoms with Gasteiger partial charge in [0.1, 0.15) is 0 Å². The lowest BCUT2D eigenvalue weighted by Crippen LogP contribution is -2.29. The number of hydrogen-bond acceptors (Lipinski definition) is 3. The van der Waals surface area contributed by atoms with Gasteiger partial charge in [0, 0.05) is 16.3 Å². The number of thiophene rings is 1. The molecule has 1 aliphatic heterocycles. The van der Waals surface area contributed by atoms with Crippen LogP contribution in [0.5, 0.6) is 0 Å². The molecule has 1 aliphatic rings. The highest BCUT2D eigenvalue weighted by Gasteiger charge is 2.16. The van der Waals surface area contributed by atoms with Crippen molar-refractivity contribution < 1.29 is 4.79 Å². The zero-order valence-electron chi connectivity index (χ0n) is 10.4. The summed E-state index contributed by atoms with van der Waals surface area (Å²) in [5.74, 6) is 0.581. The first-order valence-electron chi connectivity index (χ1n) is 6.40. The summed E-state index contributed by atoms with van der Waals surface area (Å²) in [6.45, 7) is 2.81. The molecule has 0 saturated carbocycles. The smallest absolute Gasteiger partial charge is 0.261 e. The van der Waals surface area contributed by atoms with E-state index in [-0.39, 0.29) is 5.91 Å². The Morgan fingerprint density at radius 3 is 3.16 bits per heavy atom. The Morgan fingerprint density at radius 2 is 2.37 bits per heavy atom. The Kier molecular flexibility index (Phi) is 3.73. The number of nitrogens with one attached hydrogen (secondary N) is 2. The zero-order valence-corrected chi connectivity index (χ0v) is 12.0. The quantitative estimate of drug-likeness (QED) is 0.914. The average Bonchev–Trinajstić information content (AvgIpc) is 3.04. The molecule has 5 heteroatoms. The van der Waals surface area contributed by atoms with Gasteiger partial charge in [-0.05, 0) is 55.1 Å². The van der Waals surface area contributed by atoms with Crippen molar-refractivity contribution in [3.05, 3.63) is 34.2 Å². The maximum atomic E-state index is 12.1. The Bertz CT molecular complexity index is 605. The van der Waals surface area contributed by atoms with E-state index in [0.717, 1.165) is 41.0 Å². The minimum absolute atomic E-state index is 0.0178. The van der Waals surface area contributed by atoms with E-state index in [2.05, 4.69) is 10.6 Å². The molecule has 0 bridgehead atoms. The Hall–Kier alpha value is -1.10. The van der Waals surface area contributed by atoms with Crippen LogP contribution in [-0.2, 0) is 0 Å². The first-order chi connectivity index (χ1) is 9.22. The minimum Gasteiger partial charge on any atom is -0.351 e. The van der Waals surface area contributed by atoms with E-state index in [4.69, 9.17) is 11.6 Å². The van der Waals surface area contributed by atoms with Gasteiger partial charge in [-0.2, -0.15) is 0 Å². The molecule has 0 aliphatic carbocycles. The molecule has 19 heavy (non-hydrogen) atoms. The molecule has 1 fully saturated rings. The summed E-state index contributed by atoms with van der Waals surface area (Å²) >= 11 is 7.46. The summed E-state index contributed by atoms with van der Waals surface area (Å²) in [6, 6.07) is 7.62. The number of halogens is 1. The van der Waals surface area contributed by atoms with Gasteiger partial charge in [-0.3, -0.25) is 4.79 Å². The van der Waals surface area contributed by atoms with Crippen LogP contribution in [-0.4, -0.2) is 25.5 Å². The summed E-state index contributed by atoms with van der Waals surface area (Å²) in [6.07, 6.45) is 1.14. The summed E-state index contributed by atoms with van der Waals surface area (Å²) in [5.41, 5.74) is 0. The Labute approximate surface area is 121 Å². The highest BCUT2D eigenvalue weighted by atomic mass is 35.5. The largest absolute Gasteiger partial charge is 0.351 e. The van der Waals surface area contributed by atoms with E-state index in [1.165, 1.54) is 11.3 Å². The number of carbonyl (C=O) groups is 1. The second kappa shape index (κ2) is 5.49. The summed E-state index contributed by atoms with van der Waals surface area (Å²) in [7, 11) is 0. The minimum atomic E-state index is 0.0178. The van der Waals surface area contributed by atoms with E-state index in [0.29, 0.717) is 10.9 Å². The van der Waals surface area contributed by atoms with Crippen LogP contribution in [0.2, 0.25) is 5.02 Å². The first-order valence-corrected chi connectivity index (χ1v) is 7.60. The number of rotatable bonds is 3. The van der Waals surface area contributed by atoms with E-state index in [9.17, 15) is 4.79 Å². The lowest BCUT2D eigenvalue weighted by atomic mass is 10.1. The van der Waals surface area contributed by atoms with Crippen molar-refractivity contribution in [1.82, 2.24) is 10.6 Å². The number of benzene rings is 1. The Balaban J connectivity index is 1.70. The standard InChI is InChI=1S/C14H15ClN2OS/c15-11-1-2-12-10(5-11)6-13(19-12)14(18)17-8-9-3-4-16-7-9/h1-2,5-6,9,16H,3-4,7-8H2,(H,17,18). The fraction of sp³-hybridized carbons (Fsp3) is 0.357. The molecular weight excluding hydrogens is 280 g/mol. The molecule has 1 atom stereocenters. The molecule has 1 saturated heterocycles. The van der Waals surface area contributed by atoms with Gasteiger partial charge < -0.3 is 10.6 Å². The van der Waals surface area contributed by atoms with Gasteiger partial charge in [-0.1, -0.05) is 11.6 Å². The van der Waals surface area contributed by atoms with Crippen LogP contribution in [0.1, 0.15) is 16.1 Å². The normalized spacial score (nSPS) is 18.9. The van der Waals surface area contributed by atoms with Crippen molar-refractivity contribution >= 4 is 38.9 Å². The summed E-state index contributed by atoms with van der Waals surface area (Å²) in [4.78, 5) is 12.9. The van der Waals surface area contributed by atoms with Crippen LogP contribution >= 0.6 is 22.9 Å². The van der Waals surface area contributed by atoms with Crippen LogP contribution < -0.4 is 10.6 Å². The maximum Gasteiger partial charge on any atom is 0.261 e. The SMILES string of the molecule is O=C(NCC1CCNC1)c1cc2cc(Cl)ccc2s1. The molecule has 1 unspecified atom stereocenters. The number of carbonyl (C=O) groups excluding carboxylic acids is 1. The monoisotopic (exact) mass is 294 g/mol. The van der Waals surface area contributed by atoms with Gasteiger partial charge in [0.15, 0.2) is 0 Å². The third-order valence-electron chi connectivity index (χ3n) is 3.42. The van der Waals surface area contributed by atoms with Crippen molar-refractivity contribution in [3.63, 3.8) is 0 Å². The number of hydrogen-bond donors (Lipinski definition) is 2. The van der Waals surface area contributed by atoms with Crippen LogP contribution in [0.3, 0.4) is 0 Å². The number of fused-ring (bicyclic) bond motifs is 1. The average molecular weight is 295 g/mol. The van der Waals surface area contributed by atoms with Gasteiger partial charge >= 0.3 is 0 Å². The fourth-order valence-electron chi connectivity index (χ4n) is 2.34. The predicted octanol–water partition coefficient (Wildman–Crippen LogP) is 2.89. The molecule has 1 aromatic heterocycles. The number of amides is 1. The third kappa shape index (κ3) is 2.91. The highest BCUT2D eigenvalue weighted by Crippen LogP contribution is 2.28. The molecule has 1 amide bonds. The first kappa shape index (κ1) is 12.9. The molecule has 2 N–H and O–H groups in total. The van der Waals surface area contributed by atoms with Gasteiger partial charge in [-0.25, -0.2) is 0 Å². The van der Waals surface area contributed by atoms with Crippen molar-refractivity contribution in [2.45, 2.75) is 6.42 Å². The molecule has 3 nitrogen and oxygen atoms in total. The van der Waals surface area contributed by atoms with Gasteiger partial charge in [0.25, 0.3) is 5.91 Å². The van der Waals surface area contributed by atoms with Crippen LogP contribution in [0.15, 0.2) is 24.3 Å². The predicted molar refractivity (Wildman–Crippen MR) is 80.1 cm³/mol. The highest BCUT2D eigenvalue weighted by molar-refractivity contribution is 7.20. The van der Waals surface area contributed by atoms with E-state index in [1.807, 2.05) is 24.3 Å². The second-order valence-corrected chi connectivity index (χ2v) is 6.38. The van der Waals surface area contributed by atoms with E-state index >= 15 is 0 Å². The van der Waals surface area contributed by atoms with Gasteiger partial charge in [-0.15, -0.1) is 11.3 Å². The summed E-state index contributed by atoms with van der Waals surface area (Å²) in [5, 5.41) is 8.05. The lowest BCUT2D eigenvalue weighted by Gasteiger charge is -2.08. The molecule has 2 aromatic rings. The molecule has 1 aromatic carbocycles. The fourth-order valence-corrected chi connectivity index (χ4v) is 3.48. The van der Waals surface area contributed by atoms with Crippen molar-refractivity contribution in [2.75, 3.05) is 19.6 Å². The topological polar surface area (TPSA) is 41.1 Å². The molecule has 2 heterocycles. The second-order valence-electron chi connectivity index (χ2n) is 4.86. The van der Waals surface area contributed by atoms with Crippen LogP contribution in [0.25, 0.3) is 10.1 Å². The van der Waals surface area contributed by atoms with E-state index in [1.54, 1.807) is 0 Å². The van der Waals surface area contributed by atoms with Gasteiger partial charge in [0.05, 0.1) is 4.88 Å². The molecular formula is C14H15ClN2OS. The van der Waals surface area contributed by atoms with Gasteiger partial charge in [0.2, 0.25) is 0 Å².